The maximum atomic E-state index is 5.76. The number of ether oxygens (including phenoxy) is 1. The van der Waals surface area contributed by atoms with E-state index >= 15 is 0 Å². The molecule has 0 amide bonds. The Balaban J connectivity index is 2.09. The predicted octanol–water partition coefficient (Wildman–Crippen LogP) is 2.37. The first-order valence-electron chi connectivity index (χ1n) is 6.48. The average molecular weight is 269 g/mol. The van der Waals surface area contributed by atoms with Gasteiger partial charge in [0.1, 0.15) is 0 Å². The van der Waals surface area contributed by atoms with E-state index in [0.29, 0.717) is 18.6 Å². The van der Waals surface area contributed by atoms with E-state index < -0.39 is 0 Å². The van der Waals surface area contributed by atoms with Crippen molar-refractivity contribution in [3.63, 3.8) is 0 Å². The minimum absolute atomic E-state index is 0.472. The highest BCUT2D eigenvalue weighted by Gasteiger charge is 2.27. The first-order valence-corrected chi connectivity index (χ1v) is 7.30. The second-order valence-electron chi connectivity index (χ2n) is 5.65. The van der Waals surface area contributed by atoms with Crippen LogP contribution in [0, 0.1) is 5.41 Å². The van der Waals surface area contributed by atoms with Crippen LogP contribution in [0.1, 0.15) is 37.3 Å². The zero-order valence-electron chi connectivity index (χ0n) is 11.5. The molecule has 4 nitrogen and oxygen atoms in total. The van der Waals surface area contributed by atoms with Crippen LogP contribution in [0.4, 0.5) is 5.13 Å². The highest BCUT2D eigenvalue weighted by Crippen LogP contribution is 2.34. The van der Waals surface area contributed by atoms with E-state index in [-0.39, 0.29) is 0 Å². The lowest BCUT2D eigenvalue weighted by atomic mass is 9.83. The molecule has 2 rings (SSSR count). The molecule has 1 aromatic rings. The molecule has 2 heterocycles. The minimum Gasteiger partial charge on any atom is -0.378 e. The lowest BCUT2D eigenvalue weighted by Gasteiger charge is -2.36. The molecule has 0 aliphatic carbocycles. The van der Waals surface area contributed by atoms with Gasteiger partial charge < -0.3 is 15.4 Å². The maximum Gasteiger partial charge on any atom is 0.185 e. The molecule has 2 N–H and O–H groups in total. The Morgan fingerprint density at radius 3 is 2.61 bits per heavy atom. The minimum atomic E-state index is 0.472. The van der Waals surface area contributed by atoms with Gasteiger partial charge in [0.2, 0.25) is 0 Å². The second-order valence-corrected chi connectivity index (χ2v) is 6.72. The first-order chi connectivity index (χ1) is 8.55. The Morgan fingerprint density at radius 1 is 1.39 bits per heavy atom. The van der Waals surface area contributed by atoms with Gasteiger partial charge in [-0.15, -0.1) is 11.3 Å². The lowest BCUT2D eigenvalue weighted by molar-refractivity contribution is 0.181. The first kappa shape index (κ1) is 13.8. The summed E-state index contributed by atoms with van der Waals surface area (Å²) < 4.78 is 5.17. The van der Waals surface area contributed by atoms with Gasteiger partial charge in [-0.05, 0) is 18.3 Å². The van der Waals surface area contributed by atoms with Gasteiger partial charge in [0, 0.05) is 31.6 Å². The highest BCUT2D eigenvalue weighted by atomic mass is 32.1. The second kappa shape index (κ2) is 5.55. The van der Waals surface area contributed by atoms with Gasteiger partial charge in [-0.1, -0.05) is 13.8 Å². The molecule has 1 aromatic heterocycles. The lowest BCUT2D eigenvalue weighted by Crippen LogP contribution is -2.37. The van der Waals surface area contributed by atoms with E-state index in [1.165, 1.54) is 12.8 Å². The predicted molar refractivity (Wildman–Crippen MR) is 75.9 cm³/mol. The number of piperidine rings is 1. The Morgan fingerprint density at radius 2 is 2.06 bits per heavy atom. The monoisotopic (exact) mass is 269 g/mol. The maximum absolute atomic E-state index is 5.76. The van der Waals surface area contributed by atoms with Gasteiger partial charge in [0.15, 0.2) is 5.13 Å². The molecular formula is C13H23N3OS. The van der Waals surface area contributed by atoms with Crippen molar-refractivity contribution in [1.82, 2.24) is 4.98 Å². The molecule has 1 saturated heterocycles. The standard InChI is InChI=1S/C13H23N3OS/c1-13(2)4-6-16(7-5-13)12-15-10(9-17-3)11(8-14)18-12/h4-9,14H2,1-3H3. The Labute approximate surface area is 113 Å². The molecule has 18 heavy (non-hydrogen) atoms. The summed E-state index contributed by atoms with van der Waals surface area (Å²) in [5.41, 5.74) is 7.24. The van der Waals surface area contributed by atoms with E-state index in [2.05, 4.69) is 23.7 Å². The van der Waals surface area contributed by atoms with E-state index in [9.17, 15) is 0 Å². The third-order valence-electron chi connectivity index (χ3n) is 3.62. The highest BCUT2D eigenvalue weighted by molar-refractivity contribution is 7.15. The van der Waals surface area contributed by atoms with Gasteiger partial charge in [0.25, 0.3) is 0 Å². The molecular weight excluding hydrogens is 246 g/mol. The smallest absolute Gasteiger partial charge is 0.185 e. The molecule has 5 heteroatoms. The largest absolute Gasteiger partial charge is 0.378 e. The van der Waals surface area contributed by atoms with Crippen molar-refractivity contribution in [1.29, 1.82) is 0 Å². The van der Waals surface area contributed by atoms with Crippen LogP contribution in [0.5, 0.6) is 0 Å². The number of methoxy groups -OCH3 is 1. The zero-order valence-corrected chi connectivity index (χ0v) is 12.3. The Hall–Kier alpha value is -0.650. The van der Waals surface area contributed by atoms with Crippen LogP contribution < -0.4 is 10.6 Å². The van der Waals surface area contributed by atoms with Crippen LogP contribution in [-0.4, -0.2) is 25.2 Å². The van der Waals surface area contributed by atoms with Crippen LogP contribution in [-0.2, 0) is 17.9 Å². The van der Waals surface area contributed by atoms with Crippen molar-refractivity contribution in [3.05, 3.63) is 10.6 Å². The number of aromatic nitrogens is 1. The van der Waals surface area contributed by atoms with Crippen LogP contribution in [0.15, 0.2) is 0 Å². The third kappa shape index (κ3) is 3.02. The summed E-state index contributed by atoms with van der Waals surface area (Å²) in [5.74, 6) is 0. The molecule has 0 saturated carbocycles. The van der Waals surface area contributed by atoms with Crippen LogP contribution in [0.2, 0.25) is 0 Å². The van der Waals surface area contributed by atoms with E-state index in [0.717, 1.165) is 28.8 Å². The topological polar surface area (TPSA) is 51.4 Å². The summed E-state index contributed by atoms with van der Waals surface area (Å²) in [6.45, 7) is 7.98. The molecule has 0 aromatic carbocycles. The summed E-state index contributed by atoms with van der Waals surface area (Å²) in [6.07, 6.45) is 2.45. The van der Waals surface area contributed by atoms with Gasteiger partial charge in [-0.2, -0.15) is 0 Å². The normalized spacial score (nSPS) is 19.2. The van der Waals surface area contributed by atoms with E-state index in [4.69, 9.17) is 10.5 Å². The third-order valence-corrected chi connectivity index (χ3v) is 4.80. The van der Waals surface area contributed by atoms with Gasteiger partial charge in [-0.3, -0.25) is 0 Å². The van der Waals surface area contributed by atoms with Gasteiger partial charge in [0.05, 0.1) is 12.3 Å². The van der Waals surface area contributed by atoms with Gasteiger partial charge in [-0.25, -0.2) is 4.98 Å². The SMILES string of the molecule is COCc1nc(N2CCC(C)(C)CC2)sc1CN. The average Bonchev–Trinajstić information content (AvgIpc) is 2.73. The molecule has 0 radical (unpaired) electrons. The molecule has 1 aliphatic heterocycles. The molecule has 0 spiro atoms. The number of nitrogens with zero attached hydrogens (tertiary/aromatic N) is 2. The Bertz CT molecular complexity index is 393. The van der Waals surface area contributed by atoms with E-state index in [1.54, 1.807) is 18.4 Å². The molecule has 0 bridgehead atoms. The van der Waals surface area contributed by atoms with Crippen molar-refractivity contribution in [2.45, 2.75) is 39.8 Å². The molecule has 1 fully saturated rings. The van der Waals surface area contributed by atoms with Crippen molar-refractivity contribution in [3.8, 4) is 0 Å². The molecule has 0 unspecified atom stereocenters. The van der Waals surface area contributed by atoms with Crippen LogP contribution in [0.3, 0.4) is 0 Å². The molecule has 0 atom stereocenters. The van der Waals surface area contributed by atoms with Crippen molar-refractivity contribution in [2.75, 3.05) is 25.1 Å². The number of thiazole rings is 1. The zero-order chi connectivity index (χ0) is 13.2. The summed E-state index contributed by atoms with van der Waals surface area (Å²) in [7, 11) is 1.70. The number of rotatable bonds is 4. The fourth-order valence-corrected chi connectivity index (χ4v) is 3.21. The molecule has 1 aliphatic rings. The number of hydrogen-bond acceptors (Lipinski definition) is 5. The molecule has 102 valence electrons. The number of hydrogen-bond donors (Lipinski definition) is 1. The Kier molecular flexibility index (Phi) is 4.25. The quantitative estimate of drug-likeness (QED) is 0.912. The van der Waals surface area contributed by atoms with Crippen molar-refractivity contribution in [2.24, 2.45) is 11.1 Å². The summed E-state index contributed by atoms with van der Waals surface area (Å²) >= 11 is 1.72. The fraction of sp³-hybridized carbons (Fsp3) is 0.769. The number of anilines is 1. The summed E-state index contributed by atoms with van der Waals surface area (Å²) in [4.78, 5) is 8.21. The fourth-order valence-electron chi connectivity index (χ4n) is 2.22. The van der Waals surface area contributed by atoms with Crippen molar-refractivity contribution >= 4 is 16.5 Å². The van der Waals surface area contributed by atoms with Crippen LogP contribution in [0.25, 0.3) is 0 Å². The number of nitrogens with two attached hydrogens (primary N) is 1. The van der Waals surface area contributed by atoms with Crippen LogP contribution >= 0.6 is 11.3 Å². The summed E-state index contributed by atoms with van der Waals surface area (Å²) in [6, 6.07) is 0. The van der Waals surface area contributed by atoms with Crippen molar-refractivity contribution < 1.29 is 4.74 Å². The summed E-state index contributed by atoms with van der Waals surface area (Å²) in [5, 5.41) is 1.11. The van der Waals surface area contributed by atoms with E-state index in [1.807, 2.05) is 0 Å². The van der Waals surface area contributed by atoms with Gasteiger partial charge >= 0.3 is 0 Å².